The van der Waals surface area contributed by atoms with E-state index in [1.54, 1.807) is 12.1 Å². The van der Waals surface area contributed by atoms with Crippen molar-refractivity contribution >= 4 is 23.0 Å². The van der Waals surface area contributed by atoms with Gasteiger partial charge < -0.3 is 4.90 Å². The van der Waals surface area contributed by atoms with Crippen molar-refractivity contribution in [1.82, 2.24) is 0 Å². The third kappa shape index (κ3) is 3.70. The number of nitrogens with zero attached hydrogens (tertiary/aromatic N) is 2. The van der Waals surface area contributed by atoms with Gasteiger partial charge in [0, 0.05) is 35.9 Å². The van der Waals surface area contributed by atoms with E-state index in [1.165, 1.54) is 30.3 Å². The Bertz CT molecular complexity index is 647. The first-order chi connectivity index (χ1) is 10.0. The molecule has 0 fully saturated rings. The Morgan fingerprint density at radius 3 is 2.48 bits per heavy atom. The monoisotopic (exact) mass is 308 g/mol. The van der Waals surface area contributed by atoms with Gasteiger partial charge in [-0.15, -0.1) is 0 Å². The average Bonchev–Trinajstić information content (AvgIpc) is 2.47. The molecule has 2 aromatic rings. The van der Waals surface area contributed by atoms with Crippen molar-refractivity contribution in [3.05, 3.63) is 69.0 Å². The molecule has 6 heteroatoms. The smallest absolute Gasteiger partial charge is 0.269 e. The van der Waals surface area contributed by atoms with Gasteiger partial charge >= 0.3 is 0 Å². The summed E-state index contributed by atoms with van der Waals surface area (Å²) in [4.78, 5) is 12.3. The van der Waals surface area contributed by atoms with Crippen molar-refractivity contribution in [3.63, 3.8) is 0 Å². The summed E-state index contributed by atoms with van der Waals surface area (Å²) in [6.45, 7) is 3.04. The Hall–Kier alpha value is -2.14. The molecule has 0 unspecified atom stereocenters. The van der Waals surface area contributed by atoms with Gasteiger partial charge in [-0.25, -0.2) is 4.39 Å². The minimum absolute atomic E-state index is 0.00422. The zero-order valence-corrected chi connectivity index (χ0v) is 12.2. The number of non-ortho nitro benzene ring substituents is 1. The van der Waals surface area contributed by atoms with Gasteiger partial charge in [0.1, 0.15) is 5.82 Å². The molecule has 0 heterocycles. The van der Waals surface area contributed by atoms with Crippen molar-refractivity contribution < 1.29 is 9.31 Å². The van der Waals surface area contributed by atoms with Gasteiger partial charge in [-0.05, 0) is 42.8 Å². The summed E-state index contributed by atoms with van der Waals surface area (Å²) >= 11 is 6.11. The van der Waals surface area contributed by atoms with Gasteiger partial charge in [-0.2, -0.15) is 0 Å². The Morgan fingerprint density at radius 2 is 1.90 bits per heavy atom. The lowest BCUT2D eigenvalue weighted by atomic mass is 10.1. The number of hydrogen-bond acceptors (Lipinski definition) is 3. The normalized spacial score (nSPS) is 10.4. The summed E-state index contributed by atoms with van der Waals surface area (Å²) in [6.07, 6.45) is 0. The second-order valence-electron chi connectivity index (χ2n) is 4.52. The second-order valence-corrected chi connectivity index (χ2v) is 4.93. The van der Waals surface area contributed by atoms with Crippen LogP contribution in [0.1, 0.15) is 12.5 Å². The van der Waals surface area contributed by atoms with Crippen LogP contribution in [-0.4, -0.2) is 11.5 Å². The third-order valence-electron chi connectivity index (χ3n) is 3.17. The Balaban J connectivity index is 2.28. The van der Waals surface area contributed by atoms with E-state index in [4.69, 9.17) is 11.6 Å². The topological polar surface area (TPSA) is 46.4 Å². The molecule has 2 rings (SSSR count). The molecule has 0 amide bonds. The molecule has 0 atom stereocenters. The van der Waals surface area contributed by atoms with E-state index in [9.17, 15) is 14.5 Å². The van der Waals surface area contributed by atoms with Crippen molar-refractivity contribution in [2.75, 3.05) is 11.4 Å². The van der Waals surface area contributed by atoms with Crippen LogP contribution in [0.2, 0.25) is 5.02 Å². The standard InChI is InChI=1S/C15H14ClFN2O2/c1-2-18(13-5-3-12(17)4-6-13)10-11-9-14(19(20)21)7-8-15(11)16/h3-9H,2,10H2,1H3. The number of halogens is 2. The minimum atomic E-state index is -0.450. The molecule has 110 valence electrons. The van der Waals surface area contributed by atoms with Crippen LogP contribution in [0.4, 0.5) is 15.8 Å². The lowest BCUT2D eigenvalue weighted by Gasteiger charge is -2.23. The fourth-order valence-electron chi connectivity index (χ4n) is 2.04. The van der Waals surface area contributed by atoms with Crippen LogP contribution in [0.25, 0.3) is 0 Å². The van der Waals surface area contributed by atoms with Crippen LogP contribution in [0.15, 0.2) is 42.5 Å². The Labute approximate surface area is 126 Å². The van der Waals surface area contributed by atoms with Gasteiger partial charge in [0.05, 0.1) is 4.92 Å². The first-order valence-corrected chi connectivity index (χ1v) is 6.82. The number of anilines is 1. The molecule has 0 spiro atoms. The molecule has 21 heavy (non-hydrogen) atoms. The Kier molecular flexibility index (Phi) is 4.75. The Morgan fingerprint density at radius 1 is 1.24 bits per heavy atom. The highest BCUT2D eigenvalue weighted by atomic mass is 35.5. The third-order valence-corrected chi connectivity index (χ3v) is 3.54. The number of nitro benzene ring substituents is 1. The minimum Gasteiger partial charge on any atom is -0.367 e. The molecule has 0 aliphatic rings. The summed E-state index contributed by atoms with van der Waals surface area (Å²) in [6, 6.07) is 10.5. The first kappa shape index (κ1) is 15.3. The van der Waals surface area contributed by atoms with Crippen molar-refractivity contribution in [3.8, 4) is 0 Å². The van der Waals surface area contributed by atoms with E-state index in [0.29, 0.717) is 23.7 Å². The highest BCUT2D eigenvalue weighted by Gasteiger charge is 2.13. The van der Waals surface area contributed by atoms with E-state index in [0.717, 1.165) is 5.69 Å². The van der Waals surface area contributed by atoms with Crippen LogP contribution in [0, 0.1) is 15.9 Å². The highest BCUT2D eigenvalue weighted by molar-refractivity contribution is 6.31. The van der Waals surface area contributed by atoms with E-state index in [-0.39, 0.29) is 11.5 Å². The second kappa shape index (κ2) is 6.54. The molecule has 0 aromatic heterocycles. The molecule has 0 saturated carbocycles. The molecular weight excluding hydrogens is 295 g/mol. The van der Waals surface area contributed by atoms with Gasteiger partial charge in [0.15, 0.2) is 0 Å². The van der Waals surface area contributed by atoms with Crippen LogP contribution < -0.4 is 4.90 Å². The zero-order chi connectivity index (χ0) is 15.4. The lowest BCUT2D eigenvalue weighted by Crippen LogP contribution is -2.22. The van der Waals surface area contributed by atoms with Crippen LogP contribution in [-0.2, 0) is 6.54 Å². The predicted octanol–water partition coefficient (Wildman–Crippen LogP) is 4.41. The van der Waals surface area contributed by atoms with Gasteiger partial charge in [0.2, 0.25) is 0 Å². The van der Waals surface area contributed by atoms with E-state index in [1.807, 2.05) is 11.8 Å². The average molecular weight is 309 g/mol. The fourth-order valence-corrected chi connectivity index (χ4v) is 2.22. The van der Waals surface area contributed by atoms with Crippen LogP contribution in [0.5, 0.6) is 0 Å². The van der Waals surface area contributed by atoms with E-state index in [2.05, 4.69) is 0 Å². The van der Waals surface area contributed by atoms with E-state index >= 15 is 0 Å². The quantitative estimate of drug-likeness (QED) is 0.607. The molecule has 0 N–H and O–H groups in total. The largest absolute Gasteiger partial charge is 0.367 e. The molecule has 2 aromatic carbocycles. The summed E-state index contributed by atoms with van der Waals surface area (Å²) < 4.78 is 13.0. The van der Waals surface area contributed by atoms with Gasteiger partial charge in [-0.1, -0.05) is 11.6 Å². The van der Waals surface area contributed by atoms with Crippen molar-refractivity contribution in [2.45, 2.75) is 13.5 Å². The molecule has 4 nitrogen and oxygen atoms in total. The number of hydrogen-bond donors (Lipinski definition) is 0. The van der Waals surface area contributed by atoms with Crippen molar-refractivity contribution in [1.29, 1.82) is 0 Å². The first-order valence-electron chi connectivity index (χ1n) is 6.44. The molecule has 0 bridgehead atoms. The molecule has 0 radical (unpaired) electrons. The van der Waals surface area contributed by atoms with Crippen molar-refractivity contribution in [2.24, 2.45) is 0 Å². The van der Waals surface area contributed by atoms with Crippen LogP contribution in [0.3, 0.4) is 0 Å². The molecule has 0 aliphatic carbocycles. The fraction of sp³-hybridized carbons (Fsp3) is 0.200. The molecular formula is C15H14ClFN2O2. The summed E-state index contributed by atoms with van der Waals surface area (Å²) in [7, 11) is 0. The number of benzene rings is 2. The maximum atomic E-state index is 13.0. The molecule has 0 aliphatic heterocycles. The SMILES string of the molecule is CCN(Cc1cc([N+](=O)[O-])ccc1Cl)c1ccc(F)cc1. The number of rotatable bonds is 5. The lowest BCUT2D eigenvalue weighted by molar-refractivity contribution is -0.384. The van der Waals surface area contributed by atoms with Crippen LogP contribution >= 0.6 is 11.6 Å². The maximum Gasteiger partial charge on any atom is 0.269 e. The maximum absolute atomic E-state index is 13.0. The van der Waals surface area contributed by atoms with E-state index < -0.39 is 4.92 Å². The van der Waals surface area contributed by atoms with Gasteiger partial charge in [-0.3, -0.25) is 10.1 Å². The summed E-state index contributed by atoms with van der Waals surface area (Å²) in [5, 5.41) is 11.3. The van der Waals surface area contributed by atoms with Gasteiger partial charge in [0.25, 0.3) is 5.69 Å². The number of nitro groups is 1. The highest BCUT2D eigenvalue weighted by Crippen LogP contribution is 2.25. The predicted molar refractivity (Wildman–Crippen MR) is 81.2 cm³/mol. The molecule has 0 saturated heterocycles. The summed E-state index contributed by atoms with van der Waals surface area (Å²) in [5.41, 5.74) is 1.50. The summed E-state index contributed by atoms with van der Waals surface area (Å²) in [5.74, 6) is -0.303. The zero-order valence-electron chi connectivity index (χ0n) is 11.4.